The molecule has 1 unspecified atom stereocenters. The summed E-state index contributed by atoms with van der Waals surface area (Å²) in [4.78, 5) is -0.0814. The van der Waals surface area contributed by atoms with Crippen molar-refractivity contribution in [1.29, 1.82) is 0 Å². The van der Waals surface area contributed by atoms with Crippen LogP contribution in [0.15, 0.2) is 21.5 Å². The van der Waals surface area contributed by atoms with Gasteiger partial charge in [0.1, 0.15) is 0 Å². The fourth-order valence-electron chi connectivity index (χ4n) is 1.31. The van der Waals surface area contributed by atoms with Crippen LogP contribution in [0.5, 0.6) is 0 Å². The number of sulfonamides is 1. The van der Waals surface area contributed by atoms with Crippen molar-refractivity contribution in [3.05, 3.63) is 21.6 Å². The van der Waals surface area contributed by atoms with Crippen LogP contribution in [0.2, 0.25) is 5.02 Å². The molecule has 0 aliphatic carbocycles. The van der Waals surface area contributed by atoms with Gasteiger partial charge in [0.2, 0.25) is 10.0 Å². The van der Waals surface area contributed by atoms with Gasteiger partial charge in [-0.25, -0.2) is 13.1 Å². The Balaban J connectivity index is 2.95. The van der Waals surface area contributed by atoms with E-state index in [0.717, 1.165) is 0 Å². The Labute approximate surface area is 125 Å². The van der Waals surface area contributed by atoms with Crippen molar-refractivity contribution in [2.45, 2.75) is 11.0 Å². The monoisotopic (exact) mass is 372 g/mol. The van der Waals surface area contributed by atoms with Gasteiger partial charge in [-0.15, -0.1) is 0 Å². The molecule has 0 aliphatic heterocycles. The van der Waals surface area contributed by atoms with Crippen LogP contribution < -0.4 is 10.5 Å². The third kappa shape index (κ3) is 4.59. The summed E-state index contributed by atoms with van der Waals surface area (Å²) in [5.74, 6) is 0. The Morgan fingerprint density at radius 1 is 1.58 bits per heavy atom. The van der Waals surface area contributed by atoms with Crippen LogP contribution in [-0.4, -0.2) is 39.9 Å². The van der Waals surface area contributed by atoms with E-state index in [2.05, 4.69) is 20.7 Å². The molecule has 0 amide bonds. The first kappa shape index (κ1) is 16.7. The lowest BCUT2D eigenvalue weighted by Crippen LogP contribution is -2.34. The molecule has 1 aromatic carbocycles. The van der Waals surface area contributed by atoms with Crippen LogP contribution in [0.1, 0.15) is 0 Å². The van der Waals surface area contributed by atoms with Gasteiger partial charge in [-0.05, 0) is 28.1 Å². The molecule has 1 atom stereocenters. The molecular formula is C10H14BrClN2O4S. The van der Waals surface area contributed by atoms with Gasteiger partial charge in [-0.1, -0.05) is 11.6 Å². The fourth-order valence-corrected chi connectivity index (χ4v) is 3.68. The second-order valence-corrected chi connectivity index (χ2v) is 6.73. The molecule has 0 bridgehead atoms. The SMILES string of the molecule is COCC(O)CNS(=O)(=O)c1cc(Cl)cc(N)c1Br. The molecule has 0 fully saturated rings. The van der Waals surface area contributed by atoms with E-state index in [1.807, 2.05) is 0 Å². The molecule has 0 saturated carbocycles. The molecule has 0 heterocycles. The minimum absolute atomic E-state index is 0.0291. The maximum Gasteiger partial charge on any atom is 0.241 e. The van der Waals surface area contributed by atoms with E-state index in [-0.39, 0.29) is 33.2 Å². The number of nitrogen functional groups attached to an aromatic ring is 1. The maximum absolute atomic E-state index is 12.1. The van der Waals surface area contributed by atoms with Gasteiger partial charge in [0.05, 0.1) is 22.1 Å². The van der Waals surface area contributed by atoms with E-state index < -0.39 is 16.1 Å². The number of ether oxygens (including phenoxy) is 1. The Morgan fingerprint density at radius 2 is 2.21 bits per heavy atom. The molecule has 0 spiro atoms. The van der Waals surface area contributed by atoms with Crippen LogP contribution in [0.25, 0.3) is 0 Å². The molecule has 19 heavy (non-hydrogen) atoms. The number of rotatable bonds is 6. The van der Waals surface area contributed by atoms with E-state index in [4.69, 9.17) is 22.1 Å². The van der Waals surface area contributed by atoms with Crippen LogP contribution in [0, 0.1) is 0 Å². The molecule has 6 nitrogen and oxygen atoms in total. The highest BCUT2D eigenvalue weighted by molar-refractivity contribution is 9.10. The zero-order valence-electron chi connectivity index (χ0n) is 10.1. The van der Waals surface area contributed by atoms with Gasteiger partial charge in [-0.2, -0.15) is 0 Å². The number of nitrogens with one attached hydrogen (secondary N) is 1. The Kier molecular flexibility index (Phi) is 6.03. The van der Waals surface area contributed by atoms with Crippen molar-refractivity contribution < 1.29 is 18.3 Å². The molecule has 0 aromatic heterocycles. The summed E-state index contributed by atoms with van der Waals surface area (Å²) in [7, 11) is -2.42. The predicted molar refractivity (Wildman–Crippen MR) is 76.6 cm³/mol. The normalized spacial score (nSPS) is 13.5. The zero-order chi connectivity index (χ0) is 14.6. The average Bonchev–Trinajstić information content (AvgIpc) is 2.31. The van der Waals surface area contributed by atoms with Crippen LogP contribution in [0.3, 0.4) is 0 Å². The van der Waals surface area contributed by atoms with Gasteiger partial charge in [0, 0.05) is 24.4 Å². The van der Waals surface area contributed by atoms with E-state index in [0.29, 0.717) is 0 Å². The molecule has 1 aromatic rings. The third-order valence-corrected chi connectivity index (χ3v) is 5.00. The highest BCUT2D eigenvalue weighted by Crippen LogP contribution is 2.31. The number of halogens is 2. The number of hydrogen-bond donors (Lipinski definition) is 3. The van der Waals surface area contributed by atoms with Gasteiger partial charge >= 0.3 is 0 Å². The van der Waals surface area contributed by atoms with Crippen molar-refractivity contribution >= 4 is 43.2 Å². The number of methoxy groups -OCH3 is 1. The predicted octanol–water partition coefficient (Wildman–Crippen LogP) is 0.970. The molecule has 4 N–H and O–H groups in total. The molecule has 0 aliphatic rings. The number of aliphatic hydroxyl groups is 1. The summed E-state index contributed by atoms with van der Waals surface area (Å²) in [6, 6.07) is 2.71. The minimum Gasteiger partial charge on any atom is -0.398 e. The summed E-state index contributed by atoms with van der Waals surface area (Å²) in [6.07, 6.45) is -0.935. The lowest BCUT2D eigenvalue weighted by atomic mass is 10.3. The zero-order valence-corrected chi connectivity index (χ0v) is 13.2. The first-order valence-electron chi connectivity index (χ1n) is 5.19. The van der Waals surface area contributed by atoms with Crippen molar-refractivity contribution in [3.8, 4) is 0 Å². The summed E-state index contributed by atoms with van der Waals surface area (Å²) < 4.78 is 31.3. The fraction of sp³-hybridized carbons (Fsp3) is 0.400. The van der Waals surface area contributed by atoms with Crippen molar-refractivity contribution in [2.75, 3.05) is 26.0 Å². The molecule has 108 valence electrons. The highest BCUT2D eigenvalue weighted by atomic mass is 79.9. The molecule has 0 radical (unpaired) electrons. The van der Waals surface area contributed by atoms with Crippen molar-refractivity contribution in [2.24, 2.45) is 0 Å². The topological polar surface area (TPSA) is 102 Å². The standard InChI is InChI=1S/C10H14BrClN2O4S/c1-18-5-7(15)4-14-19(16,17)9-3-6(12)2-8(13)10(9)11/h2-3,7,14-15H,4-5,13H2,1H3. The number of hydrogen-bond acceptors (Lipinski definition) is 5. The molecular weight excluding hydrogens is 360 g/mol. The van der Waals surface area contributed by atoms with Crippen molar-refractivity contribution in [3.63, 3.8) is 0 Å². The smallest absolute Gasteiger partial charge is 0.241 e. The Bertz CT molecular complexity index is 553. The maximum atomic E-state index is 12.1. The second-order valence-electron chi connectivity index (χ2n) is 3.77. The van der Waals surface area contributed by atoms with Crippen LogP contribution in [0.4, 0.5) is 5.69 Å². The number of nitrogens with two attached hydrogens (primary N) is 1. The Morgan fingerprint density at radius 3 is 2.79 bits per heavy atom. The summed E-state index contributed by atoms with van der Waals surface area (Å²) in [5.41, 5.74) is 5.84. The number of benzene rings is 1. The molecule has 9 heteroatoms. The van der Waals surface area contributed by atoms with Crippen LogP contribution in [-0.2, 0) is 14.8 Å². The largest absolute Gasteiger partial charge is 0.398 e. The summed E-state index contributed by atoms with van der Waals surface area (Å²) in [5, 5.41) is 9.63. The average molecular weight is 374 g/mol. The first-order chi connectivity index (χ1) is 8.77. The third-order valence-electron chi connectivity index (χ3n) is 2.19. The first-order valence-corrected chi connectivity index (χ1v) is 7.84. The van der Waals surface area contributed by atoms with E-state index in [1.165, 1.54) is 19.2 Å². The van der Waals surface area contributed by atoms with Gasteiger partial charge < -0.3 is 15.6 Å². The molecule has 0 saturated heterocycles. The van der Waals surface area contributed by atoms with Gasteiger partial charge in [0.25, 0.3) is 0 Å². The minimum atomic E-state index is -3.83. The quantitative estimate of drug-likeness (QED) is 0.645. The van der Waals surface area contributed by atoms with Crippen molar-refractivity contribution in [1.82, 2.24) is 4.72 Å². The van der Waals surface area contributed by atoms with Gasteiger partial charge in [-0.3, -0.25) is 0 Å². The highest BCUT2D eigenvalue weighted by Gasteiger charge is 2.21. The van der Waals surface area contributed by atoms with E-state index in [1.54, 1.807) is 0 Å². The number of aliphatic hydroxyl groups excluding tert-OH is 1. The second kappa shape index (κ2) is 6.87. The van der Waals surface area contributed by atoms with E-state index in [9.17, 15) is 13.5 Å². The summed E-state index contributed by atoms with van der Waals surface area (Å²) in [6.45, 7) is -0.142. The lowest BCUT2D eigenvalue weighted by molar-refractivity contribution is 0.0679. The van der Waals surface area contributed by atoms with E-state index >= 15 is 0 Å². The Hall–Kier alpha value is -0.380. The number of anilines is 1. The van der Waals surface area contributed by atoms with Gasteiger partial charge in [0.15, 0.2) is 0 Å². The molecule has 1 rings (SSSR count). The van der Waals surface area contributed by atoms with Crippen LogP contribution >= 0.6 is 27.5 Å². The lowest BCUT2D eigenvalue weighted by Gasteiger charge is -2.13. The summed E-state index contributed by atoms with van der Waals surface area (Å²) >= 11 is 8.88.